The van der Waals surface area contributed by atoms with Crippen LogP contribution in [0.5, 0.6) is 46.0 Å². The fraction of sp³-hybridized carbons (Fsp3) is 0.385. The zero-order valence-corrected chi connectivity index (χ0v) is 40.6. The Labute approximate surface area is 403 Å². The second kappa shape index (κ2) is 23.9. The lowest BCUT2D eigenvalue weighted by Gasteiger charge is -2.26. The predicted molar refractivity (Wildman–Crippen MR) is 257 cm³/mol. The molecule has 4 amide bonds. The van der Waals surface area contributed by atoms with E-state index in [0.29, 0.717) is 97.9 Å². The second-order valence-corrected chi connectivity index (χ2v) is 16.4. The largest absolute Gasteiger partial charge is 0.510 e. The molecule has 2 heterocycles. The summed E-state index contributed by atoms with van der Waals surface area (Å²) >= 11 is 0. The Morgan fingerprint density at radius 2 is 0.797 bits per heavy atom. The number of benzene rings is 4. The molecule has 0 saturated heterocycles. The average molecular weight is 951 g/mol. The molecule has 0 aliphatic carbocycles. The lowest BCUT2D eigenvalue weighted by atomic mass is 10.1. The van der Waals surface area contributed by atoms with Crippen LogP contribution in [0.2, 0.25) is 0 Å². The third-order valence-corrected chi connectivity index (χ3v) is 12.3. The monoisotopic (exact) mass is 950 g/mol. The highest BCUT2D eigenvalue weighted by Gasteiger charge is 2.38. The molecule has 2 aliphatic rings. The molecule has 368 valence electrons. The molecule has 0 atom stereocenters. The number of aliphatic hydroxyl groups excluding tert-OH is 1. The van der Waals surface area contributed by atoms with Gasteiger partial charge in [-0.3, -0.25) is 19.2 Å². The Kier molecular flexibility index (Phi) is 17.6. The van der Waals surface area contributed by atoms with Gasteiger partial charge in [0.05, 0.1) is 69.0 Å². The van der Waals surface area contributed by atoms with Crippen molar-refractivity contribution < 1.29 is 62.2 Å². The standard InChI is InChI=1S/C52H62N4O13/c1-62-40-13-9-34(25-44(40)66-5)17-21-53(22-18-35-10-14-41(63-2)45(26-35)67-6)49(59)32-55-30-38(29-48(55)58)51-39(57)31-56(52(51)61)33-50(60)54(23-19-36-11-15-42(64-3)46(27-36)68-7)24-20-37-12-16-43(65-4)47(28-37)69-8/h9-16,25-29,57H,17-24,30-33H2,1-8H3. The van der Waals surface area contributed by atoms with Gasteiger partial charge in [-0.25, -0.2) is 0 Å². The van der Waals surface area contributed by atoms with Gasteiger partial charge in [-0.1, -0.05) is 24.3 Å². The molecule has 0 saturated carbocycles. The van der Waals surface area contributed by atoms with Crippen LogP contribution in [-0.2, 0) is 44.9 Å². The molecule has 0 radical (unpaired) electrons. The minimum absolute atomic E-state index is 0.0490. The Morgan fingerprint density at radius 3 is 1.12 bits per heavy atom. The van der Waals surface area contributed by atoms with E-state index in [9.17, 15) is 24.3 Å². The van der Waals surface area contributed by atoms with Gasteiger partial charge >= 0.3 is 0 Å². The molecular weight excluding hydrogens is 889 g/mol. The van der Waals surface area contributed by atoms with Crippen LogP contribution in [0.4, 0.5) is 0 Å². The minimum Gasteiger partial charge on any atom is -0.510 e. The zero-order chi connectivity index (χ0) is 49.6. The molecule has 2 aliphatic heterocycles. The quantitative estimate of drug-likeness (QED) is 0.0930. The van der Waals surface area contributed by atoms with E-state index >= 15 is 0 Å². The summed E-state index contributed by atoms with van der Waals surface area (Å²) in [5, 5.41) is 11.2. The van der Waals surface area contributed by atoms with Crippen molar-refractivity contribution in [2.45, 2.75) is 25.7 Å². The number of hydrogen-bond acceptors (Lipinski definition) is 13. The lowest BCUT2D eigenvalue weighted by Crippen LogP contribution is -2.43. The predicted octanol–water partition coefficient (Wildman–Crippen LogP) is 5.11. The van der Waals surface area contributed by atoms with Crippen LogP contribution in [-0.4, -0.2) is 158 Å². The van der Waals surface area contributed by atoms with Gasteiger partial charge < -0.3 is 62.6 Å². The zero-order valence-electron chi connectivity index (χ0n) is 40.6. The summed E-state index contributed by atoms with van der Waals surface area (Å²) in [6, 6.07) is 22.3. The number of hydrogen-bond donors (Lipinski definition) is 1. The molecule has 0 aromatic heterocycles. The first-order chi connectivity index (χ1) is 33.4. The van der Waals surface area contributed by atoms with Crippen LogP contribution >= 0.6 is 0 Å². The van der Waals surface area contributed by atoms with Crippen molar-refractivity contribution in [2.75, 3.05) is 109 Å². The van der Waals surface area contributed by atoms with Crippen LogP contribution < -0.4 is 37.9 Å². The molecular formula is C52H62N4O13. The summed E-state index contributed by atoms with van der Waals surface area (Å²) in [5.74, 6) is 2.64. The number of ether oxygens (including phenoxy) is 8. The molecule has 4 aromatic rings. The van der Waals surface area contributed by atoms with Crippen molar-refractivity contribution in [1.82, 2.24) is 19.6 Å². The maximum Gasteiger partial charge on any atom is 0.258 e. The first-order valence-corrected chi connectivity index (χ1v) is 22.5. The molecule has 17 nitrogen and oxygen atoms in total. The van der Waals surface area contributed by atoms with Crippen molar-refractivity contribution in [3.63, 3.8) is 0 Å². The van der Waals surface area contributed by atoms with Gasteiger partial charge in [0.15, 0.2) is 46.0 Å². The number of aliphatic hydroxyl groups is 1. The van der Waals surface area contributed by atoms with Gasteiger partial charge in [0.1, 0.15) is 18.8 Å². The number of rotatable bonds is 25. The van der Waals surface area contributed by atoms with Gasteiger partial charge in [0.2, 0.25) is 17.7 Å². The fourth-order valence-electron chi connectivity index (χ4n) is 8.37. The van der Waals surface area contributed by atoms with Gasteiger partial charge in [-0.2, -0.15) is 0 Å². The van der Waals surface area contributed by atoms with E-state index in [1.807, 2.05) is 72.8 Å². The molecule has 0 bridgehead atoms. The third kappa shape index (κ3) is 12.5. The number of carbonyl (C=O) groups is 4. The van der Waals surface area contributed by atoms with E-state index in [2.05, 4.69) is 0 Å². The topological polar surface area (TPSA) is 175 Å². The van der Waals surface area contributed by atoms with E-state index in [1.54, 1.807) is 66.7 Å². The molecule has 0 fully saturated rings. The van der Waals surface area contributed by atoms with Crippen LogP contribution in [0.15, 0.2) is 95.8 Å². The van der Waals surface area contributed by atoms with Crippen molar-refractivity contribution in [3.8, 4) is 46.0 Å². The van der Waals surface area contributed by atoms with Crippen molar-refractivity contribution in [1.29, 1.82) is 0 Å². The first kappa shape index (κ1) is 50.8. The first-order valence-electron chi connectivity index (χ1n) is 22.5. The van der Waals surface area contributed by atoms with Crippen LogP contribution in [0.25, 0.3) is 0 Å². The Morgan fingerprint density at radius 1 is 0.478 bits per heavy atom. The molecule has 17 heteroatoms. The lowest BCUT2D eigenvalue weighted by molar-refractivity contribution is -0.137. The maximum atomic E-state index is 14.2. The van der Waals surface area contributed by atoms with Crippen LogP contribution in [0, 0.1) is 0 Å². The Balaban J connectivity index is 1.13. The number of carbonyl (C=O) groups excluding carboxylic acids is 4. The van der Waals surface area contributed by atoms with Gasteiger partial charge in [0.25, 0.3) is 5.91 Å². The summed E-state index contributed by atoms with van der Waals surface area (Å²) in [6.45, 7) is 0.409. The number of amides is 4. The fourth-order valence-corrected chi connectivity index (χ4v) is 8.37. The smallest absolute Gasteiger partial charge is 0.258 e. The minimum atomic E-state index is -0.584. The van der Waals surface area contributed by atoms with Crippen LogP contribution in [0.3, 0.4) is 0 Å². The highest BCUT2D eigenvalue weighted by Crippen LogP contribution is 2.32. The van der Waals surface area contributed by atoms with E-state index < -0.39 is 11.8 Å². The van der Waals surface area contributed by atoms with E-state index in [4.69, 9.17) is 37.9 Å². The van der Waals surface area contributed by atoms with E-state index in [-0.39, 0.29) is 54.9 Å². The highest BCUT2D eigenvalue weighted by atomic mass is 16.5. The average Bonchev–Trinajstić information content (AvgIpc) is 3.87. The second-order valence-electron chi connectivity index (χ2n) is 16.4. The molecule has 6 rings (SSSR count). The van der Waals surface area contributed by atoms with Crippen LogP contribution in [0.1, 0.15) is 22.3 Å². The number of nitrogens with zero attached hydrogens (tertiary/aromatic N) is 4. The third-order valence-electron chi connectivity index (χ3n) is 12.3. The SMILES string of the molecule is COc1ccc(CCN(CCc2ccc(OC)c(OC)c2)C(=O)CN2CC(C3=C(O)CN(CC(=O)N(CCc4ccc(OC)c(OC)c4)CCc4ccc(OC)c(OC)c4)C3=O)=CC2=O)cc1OC. The summed E-state index contributed by atoms with van der Waals surface area (Å²) in [6.07, 6.45) is 3.22. The molecule has 1 N–H and O–H groups in total. The summed E-state index contributed by atoms with van der Waals surface area (Å²) in [5.41, 5.74) is 3.88. The molecule has 0 spiro atoms. The van der Waals surface area contributed by atoms with Gasteiger partial charge in [0, 0.05) is 38.8 Å². The Bertz CT molecular complexity index is 2440. The van der Waals surface area contributed by atoms with Crippen molar-refractivity contribution >= 4 is 23.6 Å². The molecule has 4 aromatic carbocycles. The number of methoxy groups -OCH3 is 8. The van der Waals surface area contributed by atoms with Crippen molar-refractivity contribution in [3.05, 3.63) is 118 Å². The summed E-state index contributed by atoms with van der Waals surface area (Å²) in [4.78, 5) is 61.9. The Hall–Kier alpha value is -7.56. The molecule has 69 heavy (non-hydrogen) atoms. The summed E-state index contributed by atoms with van der Waals surface area (Å²) < 4.78 is 43.6. The molecule has 0 unspecified atom stereocenters. The maximum absolute atomic E-state index is 14.2. The highest BCUT2D eigenvalue weighted by molar-refractivity contribution is 6.06. The van der Waals surface area contributed by atoms with Gasteiger partial charge in [-0.15, -0.1) is 0 Å². The van der Waals surface area contributed by atoms with E-state index in [0.717, 1.165) is 22.3 Å². The summed E-state index contributed by atoms with van der Waals surface area (Å²) in [7, 11) is 12.5. The normalized spacial score (nSPS) is 13.3. The van der Waals surface area contributed by atoms with Crippen molar-refractivity contribution in [2.24, 2.45) is 0 Å². The van der Waals surface area contributed by atoms with Gasteiger partial charge in [-0.05, 0) is 102 Å². The van der Waals surface area contributed by atoms with E-state index in [1.165, 1.54) is 15.9 Å².